The van der Waals surface area contributed by atoms with Crippen LogP contribution in [0.15, 0.2) is 42.5 Å². The van der Waals surface area contributed by atoms with Gasteiger partial charge in [-0.1, -0.05) is 42.5 Å². The van der Waals surface area contributed by atoms with Gasteiger partial charge in [0.2, 0.25) is 0 Å². The zero-order valence-electron chi connectivity index (χ0n) is 11.2. The van der Waals surface area contributed by atoms with Crippen molar-refractivity contribution in [2.45, 2.75) is 25.8 Å². The molecule has 2 N–H and O–H groups in total. The Labute approximate surface area is 114 Å². The van der Waals surface area contributed by atoms with Gasteiger partial charge in [-0.2, -0.15) is 0 Å². The molecule has 2 nitrogen and oxygen atoms in total. The summed E-state index contributed by atoms with van der Waals surface area (Å²) in [5.41, 5.74) is 10.9. The number of ether oxygens (including phenoxy) is 1. The lowest BCUT2D eigenvalue weighted by molar-refractivity contribution is 0.271. The lowest BCUT2D eigenvalue weighted by Gasteiger charge is -2.30. The third-order valence-corrected chi connectivity index (χ3v) is 3.90. The highest BCUT2D eigenvalue weighted by Gasteiger charge is 2.26. The summed E-state index contributed by atoms with van der Waals surface area (Å²) in [7, 11) is 0. The summed E-state index contributed by atoms with van der Waals surface area (Å²) in [5.74, 6) is 1.50. The summed E-state index contributed by atoms with van der Waals surface area (Å²) in [5, 5.41) is 0. The second-order valence-corrected chi connectivity index (χ2v) is 5.18. The normalized spacial score (nSPS) is 16.6. The zero-order chi connectivity index (χ0) is 13.2. The minimum absolute atomic E-state index is 0.526. The molecule has 2 aromatic rings. The number of aryl methyl sites for hydroxylation is 1. The first-order valence-electron chi connectivity index (χ1n) is 6.78. The fourth-order valence-corrected chi connectivity index (χ4v) is 2.78. The van der Waals surface area contributed by atoms with E-state index in [-0.39, 0.29) is 0 Å². The van der Waals surface area contributed by atoms with E-state index in [2.05, 4.69) is 37.3 Å². The molecule has 0 radical (unpaired) electrons. The van der Waals surface area contributed by atoms with Crippen molar-refractivity contribution in [3.05, 3.63) is 64.7 Å². The van der Waals surface area contributed by atoms with Crippen LogP contribution in [0.3, 0.4) is 0 Å². The van der Waals surface area contributed by atoms with Crippen molar-refractivity contribution in [2.24, 2.45) is 5.73 Å². The molecule has 2 heteroatoms. The van der Waals surface area contributed by atoms with Crippen molar-refractivity contribution in [3.8, 4) is 5.75 Å². The van der Waals surface area contributed by atoms with Gasteiger partial charge in [0, 0.05) is 18.0 Å². The van der Waals surface area contributed by atoms with E-state index in [9.17, 15) is 0 Å². The number of para-hydroxylation sites is 1. The minimum atomic E-state index is 0.526. The molecular weight excluding hydrogens is 234 g/mol. The van der Waals surface area contributed by atoms with Crippen LogP contribution in [0.1, 0.15) is 28.2 Å². The molecule has 1 atom stereocenters. The van der Waals surface area contributed by atoms with Crippen molar-refractivity contribution in [1.29, 1.82) is 0 Å². The zero-order valence-corrected chi connectivity index (χ0v) is 11.2. The van der Waals surface area contributed by atoms with E-state index < -0.39 is 0 Å². The Hall–Kier alpha value is -1.80. The molecule has 0 saturated heterocycles. The Morgan fingerprint density at radius 2 is 2.00 bits per heavy atom. The molecule has 0 heterocycles. The number of rotatable bonds is 4. The minimum Gasteiger partial charge on any atom is -0.492 e. The monoisotopic (exact) mass is 253 g/mol. The first kappa shape index (κ1) is 12.2. The summed E-state index contributed by atoms with van der Waals surface area (Å²) in [4.78, 5) is 0. The van der Waals surface area contributed by atoms with Gasteiger partial charge in [0.05, 0.1) is 6.61 Å². The molecule has 0 fully saturated rings. The van der Waals surface area contributed by atoms with Gasteiger partial charge in [-0.05, 0) is 30.0 Å². The molecule has 0 aliphatic heterocycles. The maximum atomic E-state index is 6.04. The maximum absolute atomic E-state index is 6.04. The van der Waals surface area contributed by atoms with Gasteiger partial charge in [-0.25, -0.2) is 0 Å². The summed E-state index contributed by atoms with van der Waals surface area (Å²) in [6.07, 6.45) is 1.13. The molecule has 2 aromatic carbocycles. The number of hydrogen-bond acceptors (Lipinski definition) is 2. The second-order valence-electron chi connectivity index (χ2n) is 5.18. The average molecular weight is 253 g/mol. The molecule has 1 unspecified atom stereocenters. The van der Waals surface area contributed by atoms with E-state index in [0.29, 0.717) is 12.5 Å². The van der Waals surface area contributed by atoms with E-state index in [1.165, 1.54) is 11.1 Å². The Balaban J connectivity index is 1.72. The topological polar surface area (TPSA) is 35.2 Å². The average Bonchev–Trinajstić information content (AvgIpc) is 2.41. The largest absolute Gasteiger partial charge is 0.492 e. The predicted octanol–water partition coefficient (Wildman–Crippen LogP) is 3.17. The lowest BCUT2D eigenvalue weighted by atomic mass is 9.78. The van der Waals surface area contributed by atoms with Gasteiger partial charge in [-0.3, -0.25) is 0 Å². The van der Waals surface area contributed by atoms with Crippen LogP contribution in [-0.2, 0) is 13.0 Å². The molecule has 98 valence electrons. The smallest absolute Gasteiger partial charge is 0.126 e. The highest BCUT2D eigenvalue weighted by Crippen LogP contribution is 2.35. The molecule has 0 bridgehead atoms. The van der Waals surface area contributed by atoms with Crippen molar-refractivity contribution in [1.82, 2.24) is 0 Å². The predicted molar refractivity (Wildman–Crippen MR) is 77.5 cm³/mol. The Kier molecular flexibility index (Phi) is 3.26. The quantitative estimate of drug-likeness (QED) is 0.908. The van der Waals surface area contributed by atoms with Crippen LogP contribution in [0.25, 0.3) is 0 Å². The number of nitrogens with two attached hydrogens (primary N) is 1. The molecule has 0 aromatic heterocycles. The Morgan fingerprint density at radius 3 is 2.79 bits per heavy atom. The summed E-state index contributed by atoms with van der Waals surface area (Å²) >= 11 is 0. The highest BCUT2D eigenvalue weighted by molar-refractivity contribution is 5.42. The fourth-order valence-electron chi connectivity index (χ4n) is 2.78. The number of hydrogen-bond donors (Lipinski definition) is 1. The van der Waals surface area contributed by atoms with Gasteiger partial charge in [0.1, 0.15) is 5.75 Å². The van der Waals surface area contributed by atoms with Crippen LogP contribution in [0.5, 0.6) is 5.75 Å². The van der Waals surface area contributed by atoms with Crippen molar-refractivity contribution in [2.75, 3.05) is 6.61 Å². The van der Waals surface area contributed by atoms with Gasteiger partial charge >= 0.3 is 0 Å². The summed E-state index contributed by atoms with van der Waals surface area (Å²) in [6.45, 7) is 3.34. The Morgan fingerprint density at radius 1 is 1.16 bits per heavy atom. The molecule has 0 amide bonds. The van der Waals surface area contributed by atoms with Gasteiger partial charge in [0.25, 0.3) is 0 Å². The van der Waals surface area contributed by atoms with Crippen LogP contribution in [0, 0.1) is 6.92 Å². The van der Waals surface area contributed by atoms with E-state index in [4.69, 9.17) is 10.5 Å². The number of fused-ring (bicyclic) bond motifs is 1. The SMILES string of the molecule is Cc1cccc(CN)c1OCC1Cc2ccccc21. The highest BCUT2D eigenvalue weighted by atomic mass is 16.5. The van der Waals surface area contributed by atoms with Gasteiger partial charge < -0.3 is 10.5 Å². The standard InChI is InChI=1S/C17H19NO/c1-12-5-4-7-14(10-18)17(12)19-11-15-9-13-6-2-3-8-16(13)15/h2-8,15H,9-11,18H2,1H3. The van der Waals surface area contributed by atoms with Crippen molar-refractivity contribution < 1.29 is 4.74 Å². The molecule has 1 aliphatic carbocycles. The van der Waals surface area contributed by atoms with Crippen molar-refractivity contribution >= 4 is 0 Å². The lowest BCUT2D eigenvalue weighted by Crippen LogP contribution is -2.23. The van der Waals surface area contributed by atoms with Crippen LogP contribution < -0.4 is 10.5 Å². The molecule has 3 rings (SSSR count). The first-order chi connectivity index (χ1) is 9.29. The molecule has 0 saturated carbocycles. The fraction of sp³-hybridized carbons (Fsp3) is 0.294. The van der Waals surface area contributed by atoms with E-state index in [0.717, 1.165) is 29.9 Å². The third-order valence-electron chi connectivity index (χ3n) is 3.90. The Bertz CT molecular complexity index is 592. The summed E-state index contributed by atoms with van der Waals surface area (Å²) < 4.78 is 6.04. The van der Waals surface area contributed by atoms with E-state index >= 15 is 0 Å². The summed E-state index contributed by atoms with van der Waals surface area (Å²) in [6, 6.07) is 14.7. The maximum Gasteiger partial charge on any atom is 0.126 e. The third kappa shape index (κ3) is 2.24. The van der Waals surface area contributed by atoms with Crippen LogP contribution in [-0.4, -0.2) is 6.61 Å². The van der Waals surface area contributed by atoms with Crippen LogP contribution >= 0.6 is 0 Å². The molecule has 0 spiro atoms. The first-order valence-corrected chi connectivity index (χ1v) is 6.78. The van der Waals surface area contributed by atoms with Crippen LogP contribution in [0.4, 0.5) is 0 Å². The second kappa shape index (κ2) is 5.06. The molecule has 1 aliphatic rings. The van der Waals surface area contributed by atoms with E-state index in [1.54, 1.807) is 0 Å². The molecule has 19 heavy (non-hydrogen) atoms. The van der Waals surface area contributed by atoms with Crippen molar-refractivity contribution in [3.63, 3.8) is 0 Å². The van der Waals surface area contributed by atoms with Gasteiger partial charge in [0.15, 0.2) is 0 Å². The number of benzene rings is 2. The van der Waals surface area contributed by atoms with E-state index in [1.807, 2.05) is 12.1 Å². The molecular formula is C17H19NO. The van der Waals surface area contributed by atoms with Gasteiger partial charge in [-0.15, -0.1) is 0 Å². The van der Waals surface area contributed by atoms with Crippen LogP contribution in [0.2, 0.25) is 0 Å².